The van der Waals surface area contributed by atoms with E-state index >= 15 is 0 Å². The quantitative estimate of drug-likeness (QED) is 0.609. The summed E-state index contributed by atoms with van der Waals surface area (Å²) in [6.45, 7) is 3.48. The largest absolute Gasteiger partial charge is 0.480 e. The molecule has 0 aromatic rings. The number of aliphatic carboxylic acids is 1. The van der Waals surface area contributed by atoms with Gasteiger partial charge in [0.15, 0.2) is 0 Å². The van der Waals surface area contributed by atoms with Crippen LogP contribution in [0, 0.1) is 0 Å². The van der Waals surface area contributed by atoms with Crippen molar-refractivity contribution < 1.29 is 14.7 Å². The second-order valence-corrected chi connectivity index (χ2v) is 4.15. The van der Waals surface area contributed by atoms with Gasteiger partial charge in [0.1, 0.15) is 6.54 Å². The van der Waals surface area contributed by atoms with Crippen LogP contribution in [0.4, 0.5) is 4.79 Å². The van der Waals surface area contributed by atoms with Crippen LogP contribution in [0.2, 0.25) is 0 Å². The molecule has 2 amide bonds. The van der Waals surface area contributed by atoms with E-state index < -0.39 is 5.97 Å². The Labute approximate surface area is 103 Å². The van der Waals surface area contributed by atoms with Gasteiger partial charge in [-0.05, 0) is 40.4 Å². The zero-order valence-corrected chi connectivity index (χ0v) is 10.9. The van der Waals surface area contributed by atoms with Crippen LogP contribution < -0.4 is 5.32 Å². The number of hydrogen-bond acceptors (Lipinski definition) is 3. The highest BCUT2D eigenvalue weighted by molar-refractivity contribution is 5.79. The van der Waals surface area contributed by atoms with Gasteiger partial charge in [-0.3, -0.25) is 4.79 Å². The Balaban J connectivity index is 3.72. The Morgan fingerprint density at radius 3 is 2.35 bits per heavy atom. The predicted molar refractivity (Wildman–Crippen MR) is 66.1 cm³/mol. The van der Waals surface area contributed by atoms with E-state index in [1.54, 1.807) is 6.92 Å². The molecule has 0 fully saturated rings. The van der Waals surface area contributed by atoms with Crippen molar-refractivity contribution in [3.63, 3.8) is 0 Å². The second-order valence-electron chi connectivity index (χ2n) is 4.15. The van der Waals surface area contributed by atoms with E-state index in [0.29, 0.717) is 13.1 Å². The molecule has 0 aliphatic carbocycles. The number of rotatable bonds is 8. The smallest absolute Gasteiger partial charge is 0.323 e. The molecule has 0 aromatic carbocycles. The summed E-state index contributed by atoms with van der Waals surface area (Å²) >= 11 is 0. The standard InChI is InChI=1S/C11H23N3O3/c1-4-14(9-10(15)16)11(17)12-7-5-6-8-13(2)3/h4-9H2,1-3H3,(H,12,17)(H,15,16). The third-order valence-electron chi connectivity index (χ3n) is 2.30. The van der Waals surface area contributed by atoms with Gasteiger partial charge in [-0.2, -0.15) is 0 Å². The number of carbonyl (C=O) groups is 2. The van der Waals surface area contributed by atoms with Gasteiger partial charge in [0.05, 0.1) is 0 Å². The van der Waals surface area contributed by atoms with Crippen LogP contribution in [0.25, 0.3) is 0 Å². The zero-order chi connectivity index (χ0) is 13.3. The molecule has 6 heteroatoms. The number of unbranched alkanes of at least 4 members (excludes halogenated alkanes) is 1. The average Bonchev–Trinajstić information content (AvgIpc) is 2.24. The number of hydrogen-bond donors (Lipinski definition) is 2. The lowest BCUT2D eigenvalue weighted by Crippen LogP contribution is -2.42. The molecule has 0 heterocycles. The molecule has 2 N–H and O–H groups in total. The fourth-order valence-corrected chi connectivity index (χ4v) is 1.35. The molecular weight excluding hydrogens is 222 g/mol. The fourth-order valence-electron chi connectivity index (χ4n) is 1.35. The Morgan fingerprint density at radius 1 is 1.24 bits per heavy atom. The van der Waals surface area contributed by atoms with Crippen molar-refractivity contribution in [2.75, 3.05) is 40.3 Å². The lowest BCUT2D eigenvalue weighted by Gasteiger charge is -2.19. The number of carboxylic acids is 1. The maximum Gasteiger partial charge on any atom is 0.323 e. The van der Waals surface area contributed by atoms with Crippen LogP contribution in [-0.2, 0) is 4.79 Å². The summed E-state index contributed by atoms with van der Waals surface area (Å²) < 4.78 is 0. The van der Waals surface area contributed by atoms with E-state index in [4.69, 9.17) is 5.11 Å². The number of amides is 2. The topological polar surface area (TPSA) is 72.9 Å². The van der Waals surface area contributed by atoms with E-state index in [2.05, 4.69) is 10.2 Å². The lowest BCUT2D eigenvalue weighted by atomic mass is 10.3. The van der Waals surface area contributed by atoms with Crippen molar-refractivity contribution in [3.05, 3.63) is 0 Å². The normalized spacial score (nSPS) is 10.4. The Bertz CT molecular complexity index is 244. The van der Waals surface area contributed by atoms with E-state index in [1.165, 1.54) is 4.90 Å². The first-order valence-electron chi connectivity index (χ1n) is 5.86. The Kier molecular flexibility index (Phi) is 8.13. The van der Waals surface area contributed by atoms with Gasteiger partial charge in [0, 0.05) is 13.1 Å². The van der Waals surface area contributed by atoms with Crippen molar-refractivity contribution in [2.24, 2.45) is 0 Å². The number of carbonyl (C=O) groups excluding carboxylic acids is 1. The van der Waals surface area contributed by atoms with Crippen LogP contribution in [0.1, 0.15) is 19.8 Å². The minimum absolute atomic E-state index is 0.250. The highest BCUT2D eigenvalue weighted by Gasteiger charge is 2.13. The van der Waals surface area contributed by atoms with Crippen LogP contribution in [-0.4, -0.2) is 67.2 Å². The molecular formula is C11H23N3O3. The maximum absolute atomic E-state index is 11.5. The van der Waals surface area contributed by atoms with Gasteiger partial charge in [0.25, 0.3) is 0 Å². The predicted octanol–water partition coefficient (Wildman–Crippen LogP) is 0.444. The van der Waals surface area contributed by atoms with Crippen molar-refractivity contribution in [3.8, 4) is 0 Å². The molecule has 0 unspecified atom stereocenters. The molecule has 0 atom stereocenters. The molecule has 0 aromatic heterocycles. The molecule has 0 radical (unpaired) electrons. The molecule has 100 valence electrons. The van der Waals surface area contributed by atoms with Gasteiger partial charge in [-0.15, -0.1) is 0 Å². The molecule has 0 saturated carbocycles. The van der Waals surface area contributed by atoms with Crippen molar-refractivity contribution in [2.45, 2.75) is 19.8 Å². The molecule has 17 heavy (non-hydrogen) atoms. The third kappa shape index (κ3) is 8.50. The van der Waals surface area contributed by atoms with E-state index in [1.807, 2.05) is 14.1 Å². The van der Waals surface area contributed by atoms with Crippen molar-refractivity contribution in [1.82, 2.24) is 15.1 Å². The fraction of sp³-hybridized carbons (Fsp3) is 0.818. The van der Waals surface area contributed by atoms with Gasteiger partial charge in [-0.1, -0.05) is 0 Å². The second kappa shape index (κ2) is 8.81. The maximum atomic E-state index is 11.5. The SMILES string of the molecule is CCN(CC(=O)O)C(=O)NCCCCN(C)C. The highest BCUT2D eigenvalue weighted by Crippen LogP contribution is 1.92. The third-order valence-corrected chi connectivity index (χ3v) is 2.30. The van der Waals surface area contributed by atoms with Crippen molar-refractivity contribution in [1.29, 1.82) is 0 Å². The van der Waals surface area contributed by atoms with E-state index in [9.17, 15) is 9.59 Å². The number of likely N-dealkylation sites (N-methyl/N-ethyl adjacent to an activating group) is 1. The Morgan fingerprint density at radius 2 is 1.88 bits per heavy atom. The molecule has 0 rings (SSSR count). The first-order valence-corrected chi connectivity index (χ1v) is 5.86. The molecule has 0 aliphatic heterocycles. The Hall–Kier alpha value is -1.30. The highest BCUT2D eigenvalue weighted by atomic mass is 16.4. The number of nitrogens with one attached hydrogen (secondary N) is 1. The summed E-state index contributed by atoms with van der Waals surface area (Å²) in [6, 6.07) is -0.306. The van der Waals surface area contributed by atoms with Gasteiger partial charge in [-0.25, -0.2) is 4.79 Å². The minimum Gasteiger partial charge on any atom is -0.480 e. The summed E-state index contributed by atoms with van der Waals surface area (Å²) in [5.74, 6) is -0.991. The number of urea groups is 1. The lowest BCUT2D eigenvalue weighted by molar-refractivity contribution is -0.137. The molecule has 0 aliphatic rings. The van der Waals surface area contributed by atoms with Crippen molar-refractivity contribution >= 4 is 12.0 Å². The summed E-state index contributed by atoms with van der Waals surface area (Å²) in [7, 11) is 4.01. The summed E-state index contributed by atoms with van der Waals surface area (Å²) in [5, 5.41) is 11.3. The monoisotopic (exact) mass is 245 g/mol. The minimum atomic E-state index is -0.991. The molecule has 0 spiro atoms. The molecule has 6 nitrogen and oxygen atoms in total. The van der Waals surface area contributed by atoms with Crippen LogP contribution in [0.3, 0.4) is 0 Å². The molecule has 0 saturated heterocycles. The summed E-state index contributed by atoms with van der Waals surface area (Å²) in [4.78, 5) is 25.4. The number of nitrogens with zero attached hydrogens (tertiary/aromatic N) is 2. The zero-order valence-electron chi connectivity index (χ0n) is 10.9. The van der Waals surface area contributed by atoms with E-state index in [0.717, 1.165) is 19.4 Å². The first kappa shape index (κ1) is 15.7. The summed E-state index contributed by atoms with van der Waals surface area (Å²) in [5.41, 5.74) is 0. The molecule has 0 bridgehead atoms. The summed E-state index contributed by atoms with van der Waals surface area (Å²) in [6.07, 6.45) is 1.91. The average molecular weight is 245 g/mol. The van der Waals surface area contributed by atoms with Gasteiger partial charge >= 0.3 is 12.0 Å². The van der Waals surface area contributed by atoms with Gasteiger partial charge in [0.2, 0.25) is 0 Å². The van der Waals surface area contributed by atoms with Crippen LogP contribution >= 0.6 is 0 Å². The van der Waals surface area contributed by atoms with Crippen LogP contribution in [0.15, 0.2) is 0 Å². The first-order chi connectivity index (χ1) is 7.97. The number of carboxylic acid groups (broad SMARTS) is 1. The van der Waals surface area contributed by atoms with E-state index in [-0.39, 0.29) is 12.6 Å². The van der Waals surface area contributed by atoms with Gasteiger partial charge < -0.3 is 20.2 Å². The van der Waals surface area contributed by atoms with Crippen LogP contribution in [0.5, 0.6) is 0 Å².